The van der Waals surface area contributed by atoms with Crippen LogP contribution in [0.25, 0.3) is 0 Å². The lowest BCUT2D eigenvalue weighted by Crippen LogP contribution is -2.42. The smallest absolute Gasteiger partial charge is 0.321 e. The second-order valence-corrected chi connectivity index (χ2v) is 6.59. The van der Waals surface area contributed by atoms with Crippen molar-refractivity contribution in [3.05, 3.63) is 24.0 Å². The van der Waals surface area contributed by atoms with Crippen molar-refractivity contribution >= 4 is 23.1 Å². The zero-order valence-corrected chi connectivity index (χ0v) is 15.9. The number of pyridine rings is 1. The molecular formula is C18H25N7O3. The molecule has 1 aliphatic rings. The Hall–Kier alpha value is -3.14. The monoisotopic (exact) mass is 387 g/mol. The molecule has 0 radical (unpaired) electrons. The Morgan fingerprint density at radius 2 is 1.96 bits per heavy atom. The fourth-order valence-corrected chi connectivity index (χ4v) is 3.19. The van der Waals surface area contributed by atoms with E-state index in [1.807, 2.05) is 0 Å². The standard InChI is InChI=1S/C18H25N7O3/c1-27-15-8-14(24-18(25-15)28-2)23-13-7-10(9-21-16(13)17(20)26)22-12-6-4-3-5-11(12)19/h7-9,11-12,22H,3-6,19H2,1-2H3,(H2,20,26)(H,23,24,25)/t11-,12+/m0/s1. The van der Waals surface area contributed by atoms with Gasteiger partial charge in [-0.05, 0) is 18.9 Å². The van der Waals surface area contributed by atoms with E-state index in [2.05, 4.69) is 25.6 Å². The molecule has 10 heteroatoms. The first-order valence-electron chi connectivity index (χ1n) is 9.06. The van der Waals surface area contributed by atoms with E-state index in [9.17, 15) is 4.79 Å². The van der Waals surface area contributed by atoms with E-state index in [0.717, 1.165) is 31.4 Å². The minimum Gasteiger partial charge on any atom is -0.481 e. The molecule has 2 aromatic heterocycles. The maximum atomic E-state index is 11.8. The van der Waals surface area contributed by atoms with Crippen LogP contribution < -0.4 is 31.6 Å². The van der Waals surface area contributed by atoms with Crippen molar-refractivity contribution in [3.63, 3.8) is 0 Å². The Morgan fingerprint density at radius 3 is 2.64 bits per heavy atom. The van der Waals surface area contributed by atoms with E-state index in [0.29, 0.717) is 17.4 Å². The van der Waals surface area contributed by atoms with Gasteiger partial charge in [-0.25, -0.2) is 4.98 Å². The van der Waals surface area contributed by atoms with Crippen molar-refractivity contribution in [2.24, 2.45) is 11.5 Å². The van der Waals surface area contributed by atoms with Gasteiger partial charge >= 0.3 is 6.01 Å². The number of methoxy groups -OCH3 is 2. The van der Waals surface area contributed by atoms with E-state index in [1.165, 1.54) is 14.2 Å². The highest BCUT2D eigenvalue weighted by Gasteiger charge is 2.22. The molecule has 28 heavy (non-hydrogen) atoms. The van der Waals surface area contributed by atoms with E-state index in [4.69, 9.17) is 20.9 Å². The number of nitrogens with zero attached hydrogens (tertiary/aromatic N) is 3. The maximum Gasteiger partial charge on any atom is 0.321 e. The van der Waals surface area contributed by atoms with Crippen LogP contribution >= 0.6 is 0 Å². The molecular weight excluding hydrogens is 362 g/mol. The van der Waals surface area contributed by atoms with Gasteiger partial charge in [-0.15, -0.1) is 0 Å². The van der Waals surface area contributed by atoms with Crippen LogP contribution in [0.1, 0.15) is 36.2 Å². The summed E-state index contributed by atoms with van der Waals surface area (Å²) in [5.74, 6) is 0.0290. The average molecular weight is 387 g/mol. The largest absolute Gasteiger partial charge is 0.481 e. The Kier molecular flexibility index (Phi) is 6.09. The third-order valence-electron chi connectivity index (χ3n) is 4.63. The lowest BCUT2D eigenvalue weighted by Gasteiger charge is -2.30. The number of carbonyl (C=O) groups is 1. The second kappa shape index (κ2) is 8.70. The van der Waals surface area contributed by atoms with Crippen LogP contribution in [0, 0.1) is 0 Å². The van der Waals surface area contributed by atoms with Crippen LogP contribution in [-0.4, -0.2) is 47.2 Å². The van der Waals surface area contributed by atoms with Gasteiger partial charge in [0.2, 0.25) is 5.88 Å². The van der Waals surface area contributed by atoms with E-state index < -0.39 is 5.91 Å². The number of aromatic nitrogens is 3. The van der Waals surface area contributed by atoms with Crippen LogP contribution in [0.15, 0.2) is 18.3 Å². The van der Waals surface area contributed by atoms with Crippen LogP contribution in [0.3, 0.4) is 0 Å². The lowest BCUT2D eigenvalue weighted by molar-refractivity contribution is 0.0996. The Bertz CT molecular complexity index is 824. The summed E-state index contributed by atoms with van der Waals surface area (Å²) >= 11 is 0. The van der Waals surface area contributed by atoms with Crippen molar-refractivity contribution in [2.75, 3.05) is 24.9 Å². The SMILES string of the molecule is COc1cc(Nc2cc(N[C@@H]3CCCC[C@@H]3N)cnc2C(N)=O)nc(OC)n1. The molecule has 2 atom stereocenters. The van der Waals surface area contributed by atoms with Crippen LogP contribution in [0.5, 0.6) is 11.9 Å². The van der Waals surface area contributed by atoms with Gasteiger partial charge in [0.25, 0.3) is 5.91 Å². The molecule has 1 saturated carbocycles. The molecule has 0 aromatic carbocycles. The summed E-state index contributed by atoms with van der Waals surface area (Å²) < 4.78 is 10.2. The van der Waals surface area contributed by atoms with E-state index in [1.54, 1.807) is 18.3 Å². The predicted molar refractivity (Wildman–Crippen MR) is 105 cm³/mol. The molecule has 0 spiro atoms. The van der Waals surface area contributed by atoms with Crippen molar-refractivity contribution in [1.82, 2.24) is 15.0 Å². The van der Waals surface area contributed by atoms with Crippen LogP contribution in [0.4, 0.5) is 17.2 Å². The molecule has 6 N–H and O–H groups in total. The summed E-state index contributed by atoms with van der Waals surface area (Å²) in [7, 11) is 2.94. The number of ether oxygens (including phenoxy) is 2. The average Bonchev–Trinajstić information content (AvgIpc) is 2.69. The molecule has 2 heterocycles. The molecule has 1 aliphatic carbocycles. The highest BCUT2D eigenvalue weighted by Crippen LogP contribution is 2.27. The molecule has 10 nitrogen and oxygen atoms in total. The van der Waals surface area contributed by atoms with Crippen LogP contribution in [-0.2, 0) is 0 Å². The summed E-state index contributed by atoms with van der Waals surface area (Å²) in [4.78, 5) is 24.3. The number of carbonyl (C=O) groups excluding carboxylic acids is 1. The number of amides is 1. The molecule has 2 aromatic rings. The summed E-state index contributed by atoms with van der Waals surface area (Å²) in [5.41, 5.74) is 12.9. The Balaban J connectivity index is 1.89. The van der Waals surface area contributed by atoms with Crippen molar-refractivity contribution in [2.45, 2.75) is 37.8 Å². The number of nitrogens with one attached hydrogen (secondary N) is 2. The third-order valence-corrected chi connectivity index (χ3v) is 4.63. The van der Waals surface area contributed by atoms with Gasteiger partial charge in [-0.1, -0.05) is 12.8 Å². The highest BCUT2D eigenvalue weighted by molar-refractivity contribution is 5.97. The first kappa shape index (κ1) is 19.6. The van der Waals surface area contributed by atoms with Gasteiger partial charge in [-0.3, -0.25) is 4.79 Å². The van der Waals surface area contributed by atoms with Gasteiger partial charge < -0.3 is 31.6 Å². The van der Waals surface area contributed by atoms with Gasteiger partial charge in [0.05, 0.1) is 31.8 Å². The summed E-state index contributed by atoms with van der Waals surface area (Å²) in [6.07, 6.45) is 5.82. The van der Waals surface area contributed by atoms with Gasteiger partial charge in [-0.2, -0.15) is 9.97 Å². The minimum atomic E-state index is -0.656. The molecule has 1 fully saturated rings. The zero-order chi connectivity index (χ0) is 20.1. The number of nitrogens with two attached hydrogens (primary N) is 2. The fraction of sp³-hybridized carbons (Fsp3) is 0.444. The van der Waals surface area contributed by atoms with Crippen molar-refractivity contribution < 1.29 is 14.3 Å². The number of rotatable bonds is 7. The highest BCUT2D eigenvalue weighted by atomic mass is 16.5. The molecule has 1 amide bonds. The topological polar surface area (TPSA) is 150 Å². The van der Waals surface area contributed by atoms with E-state index >= 15 is 0 Å². The molecule has 150 valence electrons. The molecule has 0 bridgehead atoms. The fourth-order valence-electron chi connectivity index (χ4n) is 3.19. The first-order chi connectivity index (χ1) is 13.5. The molecule has 0 saturated heterocycles. The van der Waals surface area contributed by atoms with Gasteiger partial charge in [0.15, 0.2) is 5.69 Å². The van der Waals surface area contributed by atoms with Gasteiger partial charge in [0, 0.05) is 18.2 Å². The molecule has 0 unspecified atom stereocenters. The Labute approximate surface area is 163 Å². The summed E-state index contributed by atoms with van der Waals surface area (Å²) in [6.45, 7) is 0. The quantitative estimate of drug-likeness (QED) is 0.553. The molecule has 3 rings (SSSR count). The predicted octanol–water partition coefficient (Wildman–Crippen LogP) is 1.41. The van der Waals surface area contributed by atoms with Crippen molar-refractivity contribution in [3.8, 4) is 11.9 Å². The normalized spacial score (nSPS) is 19.0. The minimum absolute atomic E-state index is 0.0800. The van der Waals surface area contributed by atoms with Crippen LogP contribution in [0.2, 0.25) is 0 Å². The lowest BCUT2D eigenvalue weighted by atomic mass is 9.91. The zero-order valence-electron chi connectivity index (χ0n) is 15.9. The van der Waals surface area contributed by atoms with Crippen molar-refractivity contribution in [1.29, 1.82) is 0 Å². The number of primary amides is 1. The number of anilines is 3. The van der Waals surface area contributed by atoms with E-state index in [-0.39, 0.29) is 23.8 Å². The number of hydrogen-bond acceptors (Lipinski definition) is 9. The summed E-state index contributed by atoms with van der Waals surface area (Å²) in [5, 5.41) is 6.45. The maximum absolute atomic E-state index is 11.8. The molecule has 0 aliphatic heterocycles. The third kappa shape index (κ3) is 4.58. The first-order valence-corrected chi connectivity index (χ1v) is 9.06. The second-order valence-electron chi connectivity index (χ2n) is 6.59. The van der Waals surface area contributed by atoms with Gasteiger partial charge in [0.1, 0.15) is 5.82 Å². The Morgan fingerprint density at radius 1 is 1.18 bits per heavy atom. The number of hydrogen-bond donors (Lipinski definition) is 4. The summed E-state index contributed by atoms with van der Waals surface area (Å²) in [6, 6.07) is 3.69.